The van der Waals surface area contributed by atoms with Gasteiger partial charge in [0, 0.05) is 43.0 Å². The van der Waals surface area contributed by atoms with Crippen molar-refractivity contribution in [2.24, 2.45) is 0 Å². The van der Waals surface area contributed by atoms with Crippen LogP contribution in [0.2, 0.25) is 0 Å². The summed E-state index contributed by atoms with van der Waals surface area (Å²) in [4.78, 5) is 16.6. The quantitative estimate of drug-likeness (QED) is 0.167. The Labute approximate surface area is 246 Å². The van der Waals surface area contributed by atoms with Gasteiger partial charge in [-0.25, -0.2) is 4.39 Å². The molecule has 1 saturated heterocycles. The van der Waals surface area contributed by atoms with Gasteiger partial charge in [0.1, 0.15) is 17.3 Å². The fourth-order valence-corrected chi connectivity index (χ4v) is 5.54. The number of likely N-dealkylation sites (tertiary alicyclic amines) is 1. The number of H-pyrrole nitrogens is 1. The molecule has 4 aromatic rings. The number of aromatic amines is 1. The number of pyridine rings is 1. The SMILES string of the molecule is CC(C)N1CC(c2cc(CCCOc3ccc(CCNC[C@H](O)c4ccc(O)c5[nH]c(=O)ccc45)cc3)ccc2F)C1. The summed E-state index contributed by atoms with van der Waals surface area (Å²) in [5.74, 6) is 0.986. The molecule has 222 valence electrons. The van der Waals surface area contributed by atoms with Gasteiger partial charge in [0.25, 0.3) is 0 Å². The first kappa shape index (κ1) is 29.8. The van der Waals surface area contributed by atoms with E-state index < -0.39 is 6.10 Å². The van der Waals surface area contributed by atoms with Crippen LogP contribution in [0, 0.1) is 5.82 Å². The Bertz CT molecular complexity index is 1550. The van der Waals surface area contributed by atoms with Crippen LogP contribution in [-0.4, -0.2) is 58.9 Å². The average Bonchev–Trinajstić information content (AvgIpc) is 2.95. The molecule has 7 nitrogen and oxygen atoms in total. The van der Waals surface area contributed by atoms with Crippen molar-refractivity contribution in [3.8, 4) is 11.5 Å². The van der Waals surface area contributed by atoms with E-state index in [1.165, 1.54) is 12.1 Å². The first-order chi connectivity index (χ1) is 20.3. The van der Waals surface area contributed by atoms with E-state index in [-0.39, 0.29) is 23.0 Å². The van der Waals surface area contributed by atoms with E-state index in [1.54, 1.807) is 18.2 Å². The highest BCUT2D eigenvalue weighted by atomic mass is 19.1. The lowest BCUT2D eigenvalue weighted by molar-refractivity contribution is 0.108. The van der Waals surface area contributed by atoms with Crippen molar-refractivity contribution >= 4 is 10.9 Å². The van der Waals surface area contributed by atoms with Gasteiger partial charge in [-0.3, -0.25) is 9.69 Å². The maximum absolute atomic E-state index is 14.4. The van der Waals surface area contributed by atoms with Crippen molar-refractivity contribution in [2.75, 3.05) is 32.8 Å². The number of aromatic nitrogens is 1. The number of benzene rings is 3. The smallest absolute Gasteiger partial charge is 0.248 e. The highest BCUT2D eigenvalue weighted by molar-refractivity contribution is 5.87. The van der Waals surface area contributed by atoms with Crippen molar-refractivity contribution in [1.29, 1.82) is 0 Å². The summed E-state index contributed by atoms with van der Waals surface area (Å²) in [7, 11) is 0. The van der Waals surface area contributed by atoms with Crippen LogP contribution >= 0.6 is 0 Å². The average molecular weight is 574 g/mol. The number of hydrogen-bond acceptors (Lipinski definition) is 6. The molecular weight excluding hydrogens is 533 g/mol. The predicted molar refractivity (Wildman–Crippen MR) is 164 cm³/mol. The number of fused-ring (bicyclic) bond motifs is 1. The Hall–Kier alpha value is -3.72. The number of aryl methyl sites for hydroxylation is 1. The second kappa shape index (κ2) is 13.5. The minimum atomic E-state index is -0.787. The van der Waals surface area contributed by atoms with Crippen LogP contribution in [0.3, 0.4) is 0 Å². The molecule has 0 radical (unpaired) electrons. The summed E-state index contributed by atoms with van der Waals surface area (Å²) < 4.78 is 20.4. The van der Waals surface area contributed by atoms with E-state index in [4.69, 9.17) is 4.74 Å². The Kier molecular flexibility index (Phi) is 9.57. The van der Waals surface area contributed by atoms with Crippen molar-refractivity contribution in [2.45, 2.75) is 51.2 Å². The van der Waals surface area contributed by atoms with E-state index in [0.29, 0.717) is 42.2 Å². The zero-order valence-electron chi connectivity index (χ0n) is 24.3. The maximum Gasteiger partial charge on any atom is 0.248 e. The van der Waals surface area contributed by atoms with Crippen LogP contribution in [0.1, 0.15) is 54.5 Å². The van der Waals surface area contributed by atoms with Gasteiger partial charge < -0.3 is 25.3 Å². The molecule has 3 aromatic carbocycles. The van der Waals surface area contributed by atoms with E-state index in [0.717, 1.165) is 54.8 Å². The van der Waals surface area contributed by atoms with Crippen LogP contribution in [-0.2, 0) is 12.8 Å². The van der Waals surface area contributed by atoms with E-state index in [2.05, 4.69) is 29.0 Å². The van der Waals surface area contributed by atoms with Crippen LogP contribution in [0.25, 0.3) is 10.9 Å². The van der Waals surface area contributed by atoms with Gasteiger partial charge in [0.15, 0.2) is 0 Å². The molecule has 0 spiro atoms. The molecule has 42 heavy (non-hydrogen) atoms. The number of aromatic hydroxyl groups is 1. The summed E-state index contributed by atoms with van der Waals surface area (Å²) in [6.07, 6.45) is 1.71. The van der Waals surface area contributed by atoms with E-state index in [1.807, 2.05) is 36.4 Å². The van der Waals surface area contributed by atoms with Crippen LogP contribution in [0.15, 0.2) is 71.5 Å². The monoisotopic (exact) mass is 573 g/mol. The molecular formula is C34H40FN3O4. The Balaban J connectivity index is 1.02. The molecule has 1 fully saturated rings. The van der Waals surface area contributed by atoms with Gasteiger partial charge in [0.05, 0.1) is 18.2 Å². The Morgan fingerprint density at radius 1 is 1.02 bits per heavy atom. The predicted octanol–water partition coefficient (Wildman–Crippen LogP) is 5.06. The lowest BCUT2D eigenvalue weighted by atomic mass is 9.88. The second-order valence-corrected chi connectivity index (χ2v) is 11.5. The standard InChI is InChI=1S/C34H40FN3O4/c1-22(2)38-20-25(21-38)29-18-24(7-12-30(29)35)4-3-17-42-26-8-5-23(6-9-26)15-16-36-19-32(40)27-10-13-31(39)34-28(27)11-14-33(41)37-34/h5-14,18,22,25,32,36,39-40H,3-4,15-17,19-21H2,1-2H3,(H,37,41)/t32-/m0/s1. The lowest BCUT2D eigenvalue weighted by Crippen LogP contribution is -2.48. The van der Waals surface area contributed by atoms with Gasteiger partial charge in [0.2, 0.25) is 5.56 Å². The minimum absolute atomic E-state index is 0.0248. The lowest BCUT2D eigenvalue weighted by Gasteiger charge is -2.42. The summed E-state index contributed by atoms with van der Waals surface area (Å²) in [5.41, 5.74) is 3.82. The third kappa shape index (κ3) is 7.18. The molecule has 1 aliphatic rings. The largest absolute Gasteiger partial charge is 0.506 e. The zero-order valence-corrected chi connectivity index (χ0v) is 24.3. The number of phenolic OH excluding ortho intramolecular Hbond substituents is 1. The fraction of sp³-hybridized carbons (Fsp3) is 0.382. The molecule has 8 heteroatoms. The normalized spacial score (nSPS) is 14.8. The molecule has 1 aliphatic heterocycles. The first-order valence-corrected chi connectivity index (χ1v) is 14.8. The molecule has 0 amide bonds. The van der Waals surface area contributed by atoms with Gasteiger partial charge in [-0.2, -0.15) is 0 Å². The third-order valence-corrected chi connectivity index (χ3v) is 8.14. The molecule has 0 saturated carbocycles. The summed E-state index contributed by atoms with van der Waals surface area (Å²) in [5, 5.41) is 24.7. The number of nitrogens with zero attached hydrogens (tertiary/aromatic N) is 1. The van der Waals surface area contributed by atoms with Gasteiger partial charge in [-0.05, 0) is 92.2 Å². The van der Waals surface area contributed by atoms with Crippen molar-refractivity contribution in [3.63, 3.8) is 0 Å². The highest BCUT2D eigenvalue weighted by Gasteiger charge is 2.31. The number of nitrogens with one attached hydrogen (secondary N) is 2. The third-order valence-electron chi connectivity index (χ3n) is 8.14. The molecule has 0 aliphatic carbocycles. The van der Waals surface area contributed by atoms with E-state index in [9.17, 15) is 19.4 Å². The fourth-order valence-electron chi connectivity index (χ4n) is 5.54. The molecule has 1 atom stereocenters. The maximum atomic E-state index is 14.4. The highest BCUT2D eigenvalue weighted by Crippen LogP contribution is 2.31. The first-order valence-electron chi connectivity index (χ1n) is 14.8. The number of halogens is 1. The molecule has 0 bridgehead atoms. The Morgan fingerprint density at radius 3 is 2.55 bits per heavy atom. The summed E-state index contributed by atoms with van der Waals surface area (Å²) >= 11 is 0. The van der Waals surface area contributed by atoms with Crippen LogP contribution in [0.4, 0.5) is 4.39 Å². The van der Waals surface area contributed by atoms with Crippen molar-refractivity contribution < 1.29 is 19.3 Å². The minimum Gasteiger partial charge on any atom is -0.506 e. The Morgan fingerprint density at radius 2 is 1.79 bits per heavy atom. The number of aliphatic hydroxyl groups excluding tert-OH is 1. The van der Waals surface area contributed by atoms with Crippen LogP contribution in [0.5, 0.6) is 11.5 Å². The molecule has 2 heterocycles. The number of hydrogen-bond donors (Lipinski definition) is 4. The van der Waals surface area contributed by atoms with Crippen molar-refractivity contribution in [3.05, 3.63) is 105 Å². The number of rotatable bonds is 13. The summed E-state index contributed by atoms with van der Waals surface area (Å²) in [6.45, 7) is 7.82. The molecule has 1 aromatic heterocycles. The zero-order chi connectivity index (χ0) is 29.6. The molecule has 0 unspecified atom stereocenters. The van der Waals surface area contributed by atoms with E-state index >= 15 is 0 Å². The molecule has 5 rings (SSSR count). The topological polar surface area (TPSA) is 97.8 Å². The second-order valence-electron chi connectivity index (χ2n) is 11.5. The number of phenols is 1. The van der Waals surface area contributed by atoms with Gasteiger partial charge >= 0.3 is 0 Å². The van der Waals surface area contributed by atoms with Crippen LogP contribution < -0.4 is 15.6 Å². The number of ether oxygens (including phenoxy) is 1. The molecule has 4 N–H and O–H groups in total. The van der Waals surface area contributed by atoms with Crippen molar-refractivity contribution in [1.82, 2.24) is 15.2 Å². The van der Waals surface area contributed by atoms with Gasteiger partial charge in [-0.1, -0.05) is 30.3 Å². The van der Waals surface area contributed by atoms with Gasteiger partial charge in [-0.15, -0.1) is 0 Å². The number of aliphatic hydroxyl groups is 1. The summed E-state index contributed by atoms with van der Waals surface area (Å²) in [6, 6.07) is 20.2.